The molecule has 1 aliphatic rings. The van der Waals surface area contributed by atoms with E-state index in [0.29, 0.717) is 22.9 Å². The number of rotatable bonds is 3. The van der Waals surface area contributed by atoms with Crippen LogP contribution in [-0.4, -0.2) is 39.4 Å². The smallest absolute Gasteiger partial charge is 0.257 e. The van der Waals surface area contributed by atoms with Crippen LogP contribution in [0.4, 0.5) is 10.1 Å². The van der Waals surface area contributed by atoms with Gasteiger partial charge in [-0.3, -0.25) is 9.59 Å². The van der Waals surface area contributed by atoms with Crippen LogP contribution in [0.1, 0.15) is 16.1 Å². The fourth-order valence-electron chi connectivity index (χ4n) is 2.46. The average molecular weight is 333 g/mol. The largest absolute Gasteiger partial charge is 0.365 e. The zero-order valence-electron chi connectivity index (χ0n) is 12.5. The van der Waals surface area contributed by atoms with Crippen LogP contribution in [0.5, 0.6) is 0 Å². The number of amides is 2. The molecule has 1 fully saturated rings. The van der Waals surface area contributed by atoms with Gasteiger partial charge in [-0.05, 0) is 37.3 Å². The first-order valence-electron chi connectivity index (χ1n) is 7.15. The number of carbonyl (C=O) groups is 2. The summed E-state index contributed by atoms with van der Waals surface area (Å²) in [6.07, 6.45) is 1.71. The Hall–Kier alpha value is -2.28. The quantitative estimate of drug-likeness (QED) is 0.907. The molecule has 0 spiro atoms. The highest BCUT2D eigenvalue weighted by atomic mass is 32.2. The number of nitrogens with one attached hydrogen (secondary N) is 2. The molecule has 2 heterocycles. The van der Waals surface area contributed by atoms with Crippen LogP contribution >= 0.6 is 11.8 Å². The number of aryl methyl sites for hydroxylation is 1. The fraction of sp³-hybridized carbons (Fsp3) is 0.250. The van der Waals surface area contributed by atoms with E-state index in [4.69, 9.17) is 0 Å². The summed E-state index contributed by atoms with van der Waals surface area (Å²) < 4.78 is 12.9. The second kappa shape index (κ2) is 6.45. The van der Waals surface area contributed by atoms with Crippen LogP contribution in [0.15, 0.2) is 36.5 Å². The third kappa shape index (κ3) is 3.24. The summed E-state index contributed by atoms with van der Waals surface area (Å²) >= 11 is 1.54. The molecule has 0 aliphatic carbocycles. The van der Waals surface area contributed by atoms with Gasteiger partial charge >= 0.3 is 0 Å². The van der Waals surface area contributed by atoms with Crippen molar-refractivity contribution in [3.8, 4) is 0 Å². The Balaban J connectivity index is 1.73. The highest BCUT2D eigenvalue weighted by Gasteiger charge is 2.35. The summed E-state index contributed by atoms with van der Waals surface area (Å²) in [5.74, 6) is 0.239. The molecule has 0 unspecified atom stereocenters. The normalized spacial score (nSPS) is 17.3. The van der Waals surface area contributed by atoms with Gasteiger partial charge in [-0.2, -0.15) is 0 Å². The van der Waals surface area contributed by atoms with E-state index >= 15 is 0 Å². The van der Waals surface area contributed by atoms with Crippen molar-refractivity contribution < 1.29 is 14.0 Å². The van der Waals surface area contributed by atoms with E-state index in [1.165, 1.54) is 36.0 Å². The van der Waals surface area contributed by atoms with Crippen molar-refractivity contribution in [3.05, 3.63) is 53.6 Å². The summed E-state index contributed by atoms with van der Waals surface area (Å²) in [6.45, 7) is 1.82. The second-order valence-corrected chi connectivity index (χ2v) is 6.30. The summed E-state index contributed by atoms with van der Waals surface area (Å²) in [4.78, 5) is 29.6. The summed E-state index contributed by atoms with van der Waals surface area (Å²) in [5.41, 5.74) is 1.87. The predicted molar refractivity (Wildman–Crippen MR) is 87.8 cm³/mol. The van der Waals surface area contributed by atoms with Gasteiger partial charge in [0.25, 0.3) is 5.91 Å². The lowest BCUT2D eigenvalue weighted by molar-refractivity contribution is -0.119. The molecule has 23 heavy (non-hydrogen) atoms. The summed E-state index contributed by atoms with van der Waals surface area (Å²) in [5, 5.41) is 2.74. The average Bonchev–Trinajstić information content (AvgIpc) is 3.17. The monoisotopic (exact) mass is 333 g/mol. The van der Waals surface area contributed by atoms with Crippen LogP contribution in [0.25, 0.3) is 0 Å². The van der Waals surface area contributed by atoms with Crippen molar-refractivity contribution in [2.45, 2.75) is 13.0 Å². The number of carbonyl (C=O) groups excluding carboxylic acids is 2. The number of nitrogens with zero attached hydrogens (tertiary/aromatic N) is 1. The molecule has 1 aromatic carbocycles. The zero-order valence-corrected chi connectivity index (χ0v) is 13.3. The van der Waals surface area contributed by atoms with Crippen LogP contribution in [0, 0.1) is 12.7 Å². The molecule has 2 amide bonds. The maximum atomic E-state index is 12.9. The number of thioether (sulfide) groups is 1. The van der Waals surface area contributed by atoms with E-state index in [2.05, 4.69) is 10.3 Å². The summed E-state index contributed by atoms with van der Waals surface area (Å²) in [7, 11) is 0. The third-order valence-electron chi connectivity index (χ3n) is 3.74. The van der Waals surface area contributed by atoms with Crippen molar-refractivity contribution in [1.82, 2.24) is 9.88 Å². The number of halogens is 1. The number of hydrogen-bond donors (Lipinski definition) is 2. The van der Waals surface area contributed by atoms with Gasteiger partial charge < -0.3 is 15.2 Å². The SMILES string of the molecule is Cc1[nH]ccc1C(=O)N1CSC[C@@H]1C(=O)Nc1ccc(F)cc1. The molecule has 1 aliphatic heterocycles. The van der Waals surface area contributed by atoms with Gasteiger partial charge in [-0.25, -0.2) is 4.39 Å². The highest BCUT2D eigenvalue weighted by Crippen LogP contribution is 2.25. The minimum Gasteiger partial charge on any atom is -0.365 e. The molecule has 0 bridgehead atoms. The molecule has 2 aromatic rings. The Morgan fingerprint density at radius 2 is 2.04 bits per heavy atom. The maximum absolute atomic E-state index is 12.9. The van der Waals surface area contributed by atoms with Gasteiger partial charge in [-0.15, -0.1) is 11.8 Å². The van der Waals surface area contributed by atoms with Crippen molar-refractivity contribution in [1.29, 1.82) is 0 Å². The number of aromatic nitrogens is 1. The molecular formula is C16H16FN3O2S. The number of anilines is 1. The van der Waals surface area contributed by atoms with Gasteiger partial charge in [0.2, 0.25) is 5.91 Å². The third-order valence-corrected chi connectivity index (χ3v) is 4.75. The summed E-state index contributed by atoms with van der Waals surface area (Å²) in [6, 6.07) is 6.74. The first kappa shape index (κ1) is 15.6. The van der Waals surface area contributed by atoms with E-state index in [1.807, 2.05) is 6.92 Å². The maximum Gasteiger partial charge on any atom is 0.257 e. The standard InChI is InChI=1S/C16H16FN3O2S/c1-10-13(6-7-18-10)16(22)20-9-23-8-14(20)15(21)19-12-4-2-11(17)3-5-12/h2-7,14,18H,8-9H2,1H3,(H,19,21)/t14-/m1/s1. The lowest BCUT2D eigenvalue weighted by Crippen LogP contribution is -2.44. The lowest BCUT2D eigenvalue weighted by atomic mass is 10.2. The van der Waals surface area contributed by atoms with Crippen LogP contribution in [0.2, 0.25) is 0 Å². The first-order valence-corrected chi connectivity index (χ1v) is 8.31. The Bertz CT molecular complexity index is 729. The van der Waals surface area contributed by atoms with Crippen LogP contribution in [-0.2, 0) is 4.79 Å². The Morgan fingerprint density at radius 1 is 1.30 bits per heavy atom. The predicted octanol–water partition coefficient (Wildman–Crippen LogP) is 2.62. The molecule has 0 saturated carbocycles. The fourth-order valence-corrected chi connectivity index (χ4v) is 3.61. The Kier molecular flexibility index (Phi) is 4.38. The topological polar surface area (TPSA) is 65.2 Å². The van der Waals surface area contributed by atoms with Crippen molar-refractivity contribution >= 4 is 29.3 Å². The molecule has 1 saturated heterocycles. The molecule has 7 heteroatoms. The molecule has 1 aromatic heterocycles. The van der Waals surface area contributed by atoms with Gasteiger partial charge in [-0.1, -0.05) is 0 Å². The molecule has 2 N–H and O–H groups in total. The van der Waals surface area contributed by atoms with Crippen molar-refractivity contribution in [2.75, 3.05) is 16.9 Å². The molecule has 0 radical (unpaired) electrons. The number of hydrogen-bond acceptors (Lipinski definition) is 3. The van der Waals surface area contributed by atoms with Crippen molar-refractivity contribution in [2.24, 2.45) is 0 Å². The molecule has 5 nitrogen and oxygen atoms in total. The Morgan fingerprint density at radius 3 is 2.70 bits per heavy atom. The zero-order chi connectivity index (χ0) is 16.4. The number of benzene rings is 1. The number of H-pyrrole nitrogens is 1. The van der Waals surface area contributed by atoms with Crippen LogP contribution < -0.4 is 5.32 Å². The van der Waals surface area contributed by atoms with Gasteiger partial charge in [0, 0.05) is 23.3 Å². The molecular weight excluding hydrogens is 317 g/mol. The van der Waals surface area contributed by atoms with E-state index in [-0.39, 0.29) is 17.6 Å². The second-order valence-electron chi connectivity index (χ2n) is 5.30. The van der Waals surface area contributed by atoms with E-state index in [9.17, 15) is 14.0 Å². The van der Waals surface area contributed by atoms with Crippen molar-refractivity contribution in [3.63, 3.8) is 0 Å². The first-order chi connectivity index (χ1) is 11.1. The molecule has 120 valence electrons. The van der Waals surface area contributed by atoms with E-state index in [0.717, 1.165) is 5.69 Å². The van der Waals surface area contributed by atoms with Gasteiger partial charge in [0.1, 0.15) is 11.9 Å². The van der Waals surface area contributed by atoms with E-state index < -0.39 is 6.04 Å². The molecule has 1 atom stereocenters. The van der Waals surface area contributed by atoms with Gasteiger partial charge in [0.05, 0.1) is 11.4 Å². The highest BCUT2D eigenvalue weighted by molar-refractivity contribution is 7.99. The minimum absolute atomic E-state index is 0.159. The minimum atomic E-state index is -0.535. The lowest BCUT2D eigenvalue weighted by Gasteiger charge is -2.23. The number of aromatic amines is 1. The Labute approximate surface area is 137 Å². The van der Waals surface area contributed by atoms with E-state index in [1.54, 1.807) is 17.2 Å². The van der Waals surface area contributed by atoms with Crippen LogP contribution in [0.3, 0.4) is 0 Å². The van der Waals surface area contributed by atoms with Gasteiger partial charge in [0.15, 0.2) is 0 Å². The molecule has 3 rings (SSSR count).